The molecule has 0 aromatic heterocycles. The van der Waals surface area contributed by atoms with Crippen LogP contribution in [0.15, 0.2) is 0 Å². The van der Waals surface area contributed by atoms with Crippen molar-refractivity contribution >= 4 is 5.91 Å². The van der Waals surface area contributed by atoms with Gasteiger partial charge in [0, 0.05) is 19.0 Å². The van der Waals surface area contributed by atoms with Gasteiger partial charge in [0.25, 0.3) is 0 Å². The van der Waals surface area contributed by atoms with E-state index >= 15 is 0 Å². The van der Waals surface area contributed by atoms with E-state index in [9.17, 15) is 4.79 Å². The molecule has 3 nitrogen and oxygen atoms in total. The second-order valence-electron chi connectivity index (χ2n) is 5.33. The summed E-state index contributed by atoms with van der Waals surface area (Å²) >= 11 is 0. The Balaban J connectivity index is 2.14. The first-order valence-electron chi connectivity index (χ1n) is 7.25. The summed E-state index contributed by atoms with van der Waals surface area (Å²) in [6.45, 7) is 2.68. The lowest BCUT2D eigenvalue weighted by Crippen LogP contribution is -2.40. The lowest BCUT2D eigenvalue weighted by atomic mass is 9.86. The molecular formula is C14H28N2O. The van der Waals surface area contributed by atoms with Gasteiger partial charge in [-0.3, -0.25) is 4.79 Å². The van der Waals surface area contributed by atoms with Gasteiger partial charge in [-0.25, -0.2) is 0 Å². The van der Waals surface area contributed by atoms with Crippen LogP contribution in [0.1, 0.15) is 64.7 Å². The molecule has 3 heteroatoms. The van der Waals surface area contributed by atoms with Crippen molar-refractivity contribution in [3.05, 3.63) is 0 Å². The molecule has 0 aromatic rings. The summed E-state index contributed by atoms with van der Waals surface area (Å²) in [5, 5.41) is 3.04. The third kappa shape index (κ3) is 6.06. The molecule has 0 aromatic carbocycles. The van der Waals surface area contributed by atoms with Crippen LogP contribution in [0.3, 0.4) is 0 Å². The summed E-state index contributed by atoms with van der Waals surface area (Å²) in [6, 6.07) is 0.179. The molecule has 1 amide bonds. The minimum absolute atomic E-state index is 0.179. The molecule has 1 aliphatic carbocycles. The zero-order chi connectivity index (χ0) is 12.5. The van der Waals surface area contributed by atoms with E-state index in [1.54, 1.807) is 0 Å². The summed E-state index contributed by atoms with van der Waals surface area (Å²) in [4.78, 5) is 11.8. The van der Waals surface area contributed by atoms with E-state index in [4.69, 9.17) is 5.73 Å². The van der Waals surface area contributed by atoms with E-state index in [0.717, 1.165) is 25.2 Å². The third-order valence-electron chi connectivity index (χ3n) is 3.79. The van der Waals surface area contributed by atoms with Crippen molar-refractivity contribution in [2.45, 2.75) is 70.8 Å². The van der Waals surface area contributed by atoms with Crippen molar-refractivity contribution in [2.75, 3.05) is 6.54 Å². The van der Waals surface area contributed by atoms with E-state index in [-0.39, 0.29) is 11.9 Å². The van der Waals surface area contributed by atoms with Crippen LogP contribution in [-0.4, -0.2) is 18.5 Å². The monoisotopic (exact) mass is 240 g/mol. The average Bonchev–Trinajstić information content (AvgIpc) is 2.37. The van der Waals surface area contributed by atoms with Crippen molar-refractivity contribution in [1.29, 1.82) is 0 Å². The molecule has 0 aliphatic heterocycles. The normalized spacial score (nSPS) is 18.9. The summed E-state index contributed by atoms with van der Waals surface area (Å²) < 4.78 is 0. The van der Waals surface area contributed by atoms with Crippen molar-refractivity contribution in [3.8, 4) is 0 Å². The highest BCUT2D eigenvalue weighted by atomic mass is 16.1. The Hall–Kier alpha value is -0.570. The van der Waals surface area contributed by atoms with Crippen molar-refractivity contribution in [3.63, 3.8) is 0 Å². The number of carbonyl (C=O) groups is 1. The number of nitrogens with one attached hydrogen (secondary N) is 1. The van der Waals surface area contributed by atoms with Crippen LogP contribution in [0.25, 0.3) is 0 Å². The Morgan fingerprint density at radius 1 is 1.35 bits per heavy atom. The molecule has 1 saturated carbocycles. The van der Waals surface area contributed by atoms with Gasteiger partial charge in [-0.2, -0.15) is 0 Å². The van der Waals surface area contributed by atoms with Crippen LogP contribution in [0.5, 0.6) is 0 Å². The maximum absolute atomic E-state index is 11.8. The van der Waals surface area contributed by atoms with Gasteiger partial charge in [-0.1, -0.05) is 45.4 Å². The number of amides is 1. The Labute approximate surface area is 106 Å². The van der Waals surface area contributed by atoms with E-state index in [1.165, 1.54) is 32.1 Å². The molecule has 0 bridgehead atoms. The number of hydrogen-bond acceptors (Lipinski definition) is 2. The van der Waals surface area contributed by atoms with Crippen molar-refractivity contribution < 1.29 is 4.79 Å². The minimum Gasteiger partial charge on any atom is -0.352 e. The Morgan fingerprint density at radius 3 is 2.65 bits per heavy atom. The maximum Gasteiger partial charge on any atom is 0.220 e. The van der Waals surface area contributed by atoms with Crippen LogP contribution < -0.4 is 11.1 Å². The predicted molar refractivity (Wildman–Crippen MR) is 71.7 cm³/mol. The van der Waals surface area contributed by atoms with Crippen LogP contribution in [0.2, 0.25) is 0 Å². The highest BCUT2D eigenvalue weighted by molar-refractivity contribution is 5.76. The molecule has 1 aliphatic rings. The fraction of sp³-hybridized carbons (Fsp3) is 0.929. The standard InChI is InChI=1S/C14H28N2O/c1-2-6-13(11-15)16-14(17)10-9-12-7-4-3-5-8-12/h12-13H,2-11,15H2,1H3,(H,16,17). The van der Waals surface area contributed by atoms with Gasteiger partial charge in [-0.05, 0) is 18.8 Å². The molecular weight excluding hydrogens is 212 g/mol. The van der Waals surface area contributed by atoms with E-state index in [0.29, 0.717) is 13.0 Å². The zero-order valence-electron chi connectivity index (χ0n) is 11.2. The Kier molecular flexibility index (Phi) is 7.25. The summed E-state index contributed by atoms with van der Waals surface area (Å²) in [5.74, 6) is 0.983. The van der Waals surface area contributed by atoms with Crippen LogP contribution in [0.4, 0.5) is 0 Å². The first-order valence-corrected chi connectivity index (χ1v) is 7.25. The van der Waals surface area contributed by atoms with Crippen LogP contribution >= 0.6 is 0 Å². The Morgan fingerprint density at radius 2 is 2.06 bits per heavy atom. The number of hydrogen-bond donors (Lipinski definition) is 2. The van der Waals surface area contributed by atoms with Crippen molar-refractivity contribution in [2.24, 2.45) is 11.7 Å². The molecule has 1 atom stereocenters. The summed E-state index contributed by atoms with van der Waals surface area (Å²) in [6.07, 6.45) is 10.6. The minimum atomic E-state index is 0.179. The molecule has 17 heavy (non-hydrogen) atoms. The SMILES string of the molecule is CCCC(CN)NC(=O)CCC1CCCCC1. The van der Waals surface area contributed by atoms with Gasteiger partial charge >= 0.3 is 0 Å². The highest BCUT2D eigenvalue weighted by Gasteiger charge is 2.16. The van der Waals surface area contributed by atoms with E-state index in [1.807, 2.05) is 0 Å². The Bertz CT molecular complexity index is 212. The quantitative estimate of drug-likeness (QED) is 0.718. The molecule has 1 fully saturated rings. The van der Waals surface area contributed by atoms with Gasteiger partial charge in [0.05, 0.1) is 0 Å². The van der Waals surface area contributed by atoms with E-state index in [2.05, 4.69) is 12.2 Å². The number of nitrogens with two attached hydrogens (primary N) is 1. The first-order chi connectivity index (χ1) is 8.26. The predicted octanol–water partition coefficient (Wildman–Crippen LogP) is 2.59. The molecule has 100 valence electrons. The molecule has 0 saturated heterocycles. The fourth-order valence-corrected chi connectivity index (χ4v) is 2.71. The topological polar surface area (TPSA) is 55.1 Å². The second kappa shape index (κ2) is 8.51. The van der Waals surface area contributed by atoms with Gasteiger partial charge in [0.15, 0.2) is 0 Å². The third-order valence-corrected chi connectivity index (χ3v) is 3.79. The number of rotatable bonds is 7. The molecule has 0 spiro atoms. The first kappa shape index (κ1) is 14.5. The fourth-order valence-electron chi connectivity index (χ4n) is 2.71. The lowest BCUT2D eigenvalue weighted by molar-refractivity contribution is -0.122. The van der Waals surface area contributed by atoms with E-state index < -0.39 is 0 Å². The molecule has 0 radical (unpaired) electrons. The van der Waals surface area contributed by atoms with Crippen molar-refractivity contribution in [1.82, 2.24) is 5.32 Å². The zero-order valence-corrected chi connectivity index (χ0v) is 11.2. The molecule has 3 N–H and O–H groups in total. The lowest BCUT2D eigenvalue weighted by Gasteiger charge is -2.22. The summed E-state index contributed by atoms with van der Waals surface area (Å²) in [5.41, 5.74) is 5.63. The van der Waals surface area contributed by atoms with Gasteiger partial charge < -0.3 is 11.1 Å². The number of carbonyl (C=O) groups excluding carboxylic acids is 1. The van der Waals surface area contributed by atoms with Gasteiger partial charge in [0.2, 0.25) is 5.91 Å². The second-order valence-corrected chi connectivity index (χ2v) is 5.33. The summed E-state index contributed by atoms with van der Waals surface area (Å²) in [7, 11) is 0. The molecule has 0 heterocycles. The maximum atomic E-state index is 11.8. The van der Waals surface area contributed by atoms with Gasteiger partial charge in [0.1, 0.15) is 0 Å². The largest absolute Gasteiger partial charge is 0.352 e. The smallest absolute Gasteiger partial charge is 0.220 e. The molecule has 1 unspecified atom stereocenters. The average molecular weight is 240 g/mol. The highest BCUT2D eigenvalue weighted by Crippen LogP contribution is 2.27. The van der Waals surface area contributed by atoms with Gasteiger partial charge in [-0.15, -0.1) is 0 Å². The van der Waals surface area contributed by atoms with Crippen LogP contribution in [-0.2, 0) is 4.79 Å². The van der Waals surface area contributed by atoms with Crippen LogP contribution in [0, 0.1) is 5.92 Å². The molecule has 1 rings (SSSR count).